The molecule has 0 heterocycles. The lowest BCUT2D eigenvalue weighted by molar-refractivity contribution is -0.394. The highest BCUT2D eigenvalue weighted by molar-refractivity contribution is 8.45. The van der Waals surface area contributed by atoms with Gasteiger partial charge in [-0.1, -0.05) is 19.4 Å². The van der Waals surface area contributed by atoms with Gasteiger partial charge in [-0.05, 0) is 0 Å². The summed E-state index contributed by atoms with van der Waals surface area (Å²) in [6.07, 6.45) is 0. The Balaban J connectivity index is 3.68. The van der Waals surface area contributed by atoms with Crippen LogP contribution < -0.4 is 0 Å². The Hall–Kier alpha value is -1.98. The Morgan fingerprint density at radius 1 is 0.833 bits per heavy atom. The molecule has 0 saturated carbocycles. The molecular formula is C6H3F5N2O4S. The molecule has 0 N–H and O–H groups in total. The van der Waals surface area contributed by atoms with Crippen LogP contribution >= 0.6 is 10.2 Å². The van der Waals surface area contributed by atoms with Crippen LogP contribution in [0.25, 0.3) is 0 Å². The van der Waals surface area contributed by atoms with Crippen molar-refractivity contribution in [1.29, 1.82) is 0 Å². The summed E-state index contributed by atoms with van der Waals surface area (Å²) in [6.45, 7) is 0. The molecule has 0 atom stereocenters. The average molecular weight is 294 g/mol. The molecule has 6 nitrogen and oxygen atoms in total. The van der Waals surface area contributed by atoms with Crippen molar-refractivity contribution < 1.29 is 29.3 Å². The van der Waals surface area contributed by atoms with Crippen LogP contribution in [0.1, 0.15) is 0 Å². The van der Waals surface area contributed by atoms with E-state index in [1.54, 1.807) is 0 Å². The van der Waals surface area contributed by atoms with Gasteiger partial charge in [-0.2, -0.15) is 0 Å². The van der Waals surface area contributed by atoms with Crippen molar-refractivity contribution in [3.63, 3.8) is 0 Å². The lowest BCUT2D eigenvalue weighted by atomic mass is 10.3. The first-order valence-electron chi connectivity index (χ1n) is 3.89. The Morgan fingerprint density at radius 3 is 1.39 bits per heavy atom. The molecule has 1 aromatic carbocycles. The highest BCUT2D eigenvalue weighted by Crippen LogP contribution is 3.02. The van der Waals surface area contributed by atoms with Gasteiger partial charge in [-0.3, -0.25) is 20.2 Å². The maximum atomic E-state index is 12.4. The van der Waals surface area contributed by atoms with E-state index in [0.717, 1.165) is 0 Å². The molecule has 0 saturated heterocycles. The van der Waals surface area contributed by atoms with E-state index in [0.29, 0.717) is 0 Å². The largest absolute Gasteiger partial charge is 0.310 e. The minimum atomic E-state index is -10.2. The maximum absolute atomic E-state index is 12.4. The van der Waals surface area contributed by atoms with E-state index in [2.05, 4.69) is 0 Å². The van der Waals surface area contributed by atoms with Crippen LogP contribution in [0.4, 0.5) is 30.8 Å². The van der Waals surface area contributed by atoms with Gasteiger partial charge in [0.1, 0.15) is 4.90 Å². The Labute approximate surface area is 95.0 Å². The number of hydrogen-bond donors (Lipinski definition) is 0. The topological polar surface area (TPSA) is 86.3 Å². The third kappa shape index (κ3) is 3.03. The fourth-order valence-electron chi connectivity index (χ4n) is 1.00. The van der Waals surface area contributed by atoms with Crippen LogP contribution in [0.3, 0.4) is 0 Å². The average Bonchev–Trinajstić information content (AvgIpc) is 2.13. The number of non-ortho nitro benzene ring substituents is 2. The molecular weight excluding hydrogens is 291 g/mol. The Bertz CT molecular complexity index is 524. The number of nitro groups is 2. The zero-order valence-electron chi connectivity index (χ0n) is 8.06. The lowest BCUT2D eigenvalue weighted by Gasteiger charge is -2.40. The molecule has 0 aliphatic carbocycles. The number of halogens is 5. The van der Waals surface area contributed by atoms with Gasteiger partial charge in [0.25, 0.3) is 11.4 Å². The quantitative estimate of drug-likeness (QED) is 0.475. The van der Waals surface area contributed by atoms with E-state index in [-0.39, 0.29) is 6.07 Å². The number of nitrogens with zero attached hydrogens (tertiary/aromatic N) is 2. The van der Waals surface area contributed by atoms with Crippen molar-refractivity contribution in [1.82, 2.24) is 0 Å². The molecule has 102 valence electrons. The molecule has 0 radical (unpaired) electrons. The van der Waals surface area contributed by atoms with Crippen LogP contribution in [-0.2, 0) is 0 Å². The van der Waals surface area contributed by atoms with Gasteiger partial charge >= 0.3 is 10.2 Å². The van der Waals surface area contributed by atoms with E-state index >= 15 is 0 Å². The first kappa shape index (κ1) is 14.1. The summed E-state index contributed by atoms with van der Waals surface area (Å²) in [4.78, 5) is 15.0. The zero-order chi connectivity index (χ0) is 14.4. The zero-order valence-corrected chi connectivity index (χ0v) is 8.87. The summed E-state index contributed by atoms with van der Waals surface area (Å²) in [7, 11) is -10.2. The van der Waals surface area contributed by atoms with Crippen molar-refractivity contribution in [2.75, 3.05) is 0 Å². The Kier molecular flexibility index (Phi) is 2.40. The van der Waals surface area contributed by atoms with Crippen molar-refractivity contribution in [2.45, 2.75) is 4.90 Å². The van der Waals surface area contributed by atoms with Crippen LogP contribution in [0.2, 0.25) is 0 Å². The summed E-state index contributed by atoms with van der Waals surface area (Å²) < 4.78 is 61.9. The summed E-state index contributed by atoms with van der Waals surface area (Å²) in [5, 5.41) is 20.5. The van der Waals surface area contributed by atoms with Gasteiger partial charge in [0.05, 0.1) is 15.9 Å². The van der Waals surface area contributed by atoms with Crippen LogP contribution in [0, 0.1) is 20.2 Å². The molecule has 18 heavy (non-hydrogen) atoms. The minimum Gasteiger partial charge on any atom is -0.258 e. The highest BCUT2D eigenvalue weighted by atomic mass is 32.5. The number of benzene rings is 1. The second-order valence-electron chi connectivity index (χ2n) is 3.17. The third-order valence-electron chi connectivity index (χ3n) is 1.74. The van der Waals surface area contributed by atoms with Crippen molar-refractivity contribution >= 4 is 21.6 Å². The van der Waals surface area contributed by atoms with E-state index in [4.69, 9.17) is 0 Å². The maximum Gasteiger partial charge on any atom is 0.310 e. The molecule has 0 aromatic heterocycles. The normalized spacial score (nSPS) is 15.6. The van der Waals surface area contributed by atoms with E-state index in [9.17, 15) is 39.7 Å². The number of rotatable bonds is 3. The number of nitro benzene ring substituents is 2. The van der Waals surface area contributed by atoms with Gasteiger partial charge in [0, 0.05) is 12.1 Å². The third-order valence-corrected chi connectivity index (χ3v) is 2.87. The molecule has 0 unspecified atom stereocenters. The van der Waals surface area contributed by atoms with Gasteiger partial charge in [0.2, 0.25) is 0 Å². The standard InChI is InChI=1S/C6H3F5N2O4S/c7-18(8,9,10,11)6-2-4(12(14)15)1-5(3-6)13(16)17/h1-3H. The van der Waals surface area contributed by atoms with E-state index < -0.39 is 48.5 Å². The summed E-state index contributed by atoms with van der Waals surface area (Å²) in [5.74, 6) is 0. The van der Waals surface area contributed by atoms with Crippen molar-refractivity contribution in [2.24, 2.45) is 0 Å². The highest BCUT2D eigenvalue weighted by Gasteiger charge is 2.66. The molecule has 0 spiro atoms. The molecule has 0 fully saturated rings. The molecule has 0 aliphatic rings. The fourth-order valence-corrected chi connectivity index (χ4v) is 1.69. The van der Waals surface area contributed by atoms with Crippen molar-refractivity contribution in [3.05, 3.63) is 38.4 Å². The van der Waals surface area contributed by atoms with Crippen molar-refractivity contribution in [3.8, 4) is 0 Å². The van der Waals surface area contributed by atoms with Gasteiger partial charge in [-0.25, -0.2) is 0 Å². The molecule has 1 rings (SSSR count). The smallest absolute Gasteiger partial charge is 0.258 e. The van der Waals surface area contributed by atoms with E-state index in [1.165, 1.54) is 0 Å². The monoisotopic (exact) mass is 294 g/mol. The molecule has 0 amide bonds. The number of hydrogen-bond acceptors (Lipinski definition) is 4. The first-order valence-corrected chi connectivity index (χ1v) is 5.84. The SMILES string of the molecule is O=[N+]([O-])c1cc([N+](=O)[O-])cc(S(F)(F)(F)(F)F)c1. The predicted octanol–water partition coefficient (Wildman–Crippen LogP) is 4.16. The van der Waals surface area contributed by atoms with Gasteiger partial charge in [-0.15, -0.1) is 0 Å². The first-order chi connectivity index (χ1) is 7.70. The second-order valence-corrected chi connectivity index (χ2v) is 5.58. The van der Waals surface area contributed by atoms with Crippen LogP contribution in [0.5, 0.6) is 0 Å². The summed E-state index contributed by atoms with van der Waals surface area (Å²) >= 11 is 0. The molecule has 12 heteroatoms. The summed E-state index contributed by atoms with van der Waals surface area (Å²) in [6, 6.07) is -0.712. The van der Waals surface area contributed by atoms with Crippen LogP contribution in [-0.4, -0.2) is 9.85 Å². The molecule has 0 aliphatic heterocycles. The molecule has 0 bridgehead atoms. The summed E-state index contributed by atoms with van der Waals surface area (Å²) in [5.41, 5.74) is -2.88. The lowest BCUT2D eigenvalue weighted by Crippen LogP contribution is -2.07. The minimum absolute atomic E-state index is 0.160. The molecule has 1 aromatic rings. The van der Waals surface area contributed by atoms with Gasteiger partial charge in [0.15, 0.2) is 0 Å². The predicted molar refractivity (Wildman–Crippen MR) is 51.1 cm³/mol. The van der Waals surface area contributed by atoms with Crippen LogP contribution in [0.15, 0.2) is 23.1 Å². The Morgan fingerprint density at radius 2 is 1.17 bits per heavy atom. The second kappa shape index (κ2) is 3.07. The van der Waals surface area contributed by atoms with E-state index in [1.807, 2.05) is 0 Å². The van der Waals surface area contributed by atoms with Gasteiger partial charge < -0.3 is 0 Å². The fraction of sp³-hybridized carbons (Fsp3) is 0.